The van der Waals surface area contributed by atoms with Crippen molar-refractivity contribution in [3.63, 3.8) is 0 Å². The molecule has 4 fully saturated rings. The molecular weight excluding hydrogens is 391 g/mol. The van der Waals surface area contributed by atoms with Gasteiger partial charge in [0.1, 0.15) is 0 Å². The molecule has 4 aliphatic rings. The van der Waals surface area contributed by atoms with Crippen molar-refractivity contribution in [2.45, 2.75) is 51.4 Å². The third-order valence-electron chi connectivity index (χ3n) is 8.28. The van der Waals surface area contributed by atoms with E-state index in [9.17, 15) is 4.79 Å². The van der Waals surface area contributed by atoms with Crippen molar-refractivity contribution < 1.29 is 4.79 Å². The van der Waals surface area contributed by atoms with Crippen LogP contribution in [0.15, 0.2) is 24.3 Å². The van der Waals surface area contributed by atoms with E-state index in [2.05, 4.69) is 22.3 Å². The molecule has 5 heteroatoms. The quantitative estimate of drug-likeness (QED) is 0.764. The molecule has 0 radical (unpaired) electrons. The fourth-order valence-corrected chi connectivity index (χ4v) is 6.81. The van der Waals surface area contributed by atoms with E-state index in [1.165, 1.54) is 44.1 Å². The van der Waals surface area contributed by atoms with Gasteiger partial charge in [0.2, 0.25) is 5.91 Å². The number of hydrogen-bond donors (Lipinski definition) is 1. The minimum absolute atomic E-state index is 0. The first-order valence-corrected chi connectivity index (χ1v) is 11.2. The van der Waals surface area contributed by atoms with Gasteiger partial charge in [-0.3, -0.25) is 4.79 Å². The number of carbonyl (C=O) groups excluding carboxylic acids is 1. The predicted octanol–water partition coefficient (Wildman–Crippen LogP) is 4.71. The van der Waals surface area contributed by atoms with Crippen molar-refractivity contribution in [1.29, 1.82) is 0 Å². The first-order valence-electron chi connectivity index (χ1n) is 10.8. The fraction of sp³-hybridized carbons (Fsp3) is 0.696. The maximum Gasteiger partial charge on any atom is 0.229 e. The van der Waals surface area contributed by atoms with Crippen LogP contribution in [0.5, 0.6) is 0 Å². The summed E-state index contributed by atoms with van der Waals surface area (Å²) in [7, 11) is 0. The van der Waals surface area contributed by atoms with Crippen LogP contribution in [0.3, 0.4) is 0 Å². The molecule has 1 aromatic rings. The second-order valence-corrected chi connectivity index (χ2v) is 10.2. The van der Waals surface area contributed by atoms with Gasteiger partial charge < -0.3 is 10.2 Å². The molecule has 2 saturated carbocycles. The normalized spacial score (nSPS) is 33.2. The lowest BCUT2D eigenvalue weighted by molar-refractivity contribution is -0.148. The zero-order chi connectivity index (χ0) is 18.5. The van der Waals surface area contributed by atoms with E-state index in [4.69, 9.17) is 11.6 Å². The SMILES string of the molecule is Cl.O=C(N1CCC2(CCNC2)CC1)C1(Cc2ccc(Cl)cc2)CC2CCC1C2. The molecule has 154 valence electrons. The highest BCUT2D eigenvalue weighted by Gasteiger charge is 2.56. The van der Waals surface area contributed by atoms with Crippen LogP contribution in [0.2, 0.25) is 5.02 Å². The standard InChI is InChI=1S/C23H31ClN2O.ClH/c24-20-5-2-17(3-6-20)14-23(15-18-1-4-19(23)13-18)21(27)26-11-8-22(9-12-26)7-10-25-16-22;/h2-3,5-6,18-19,25H,1,4,7-16H2;1H. The molecule has 28 heavy (non-hydrogen) atoms. The second-order valence-electron chi connectivity index (χ2n) is 9.76. The summed E-state index contributed by atoms with van der Waals surface area (Å²) in [6.07, 6.45) is 9.47. The molecule has 3 nitrogen and oxygen atoms in total. The minimum atomic E-state index is -0.158. The molecule has 3 unspecified atom stereocenters. The monoisotopic (exact) mass is 422 g/mol. The van der Waals surface area contributed by atoms with Crippen molar-refractivity contribution in [3.05, 3.63) is 34.9 Å². The van der Waals surface area contributed by atoms with Gasteiger partial charge in [0.05, 0.1) is 5.41 Å². The number of benzene rings is 1. The summed E-state index contributed by atoms with van der Waals surface area (Å²) in [6.45, 7) is 4.22. The number of carbonyl (C=O) groups is 1. The molecule has 3 atom stereocenters. The van der Waals surface area contributed by atoms with Crippen LogP contribution in [0, 0.1) is 22.7 Å². The van der Waals surface area contributed by atoms with E-state index >= 15 is 0 Å². The van der Waals surface area contributed by atoms with E-state index < -0.39 is 0 Å². The Labute approximate surface area is 180 Å². The first kappa shape index (κ1) is 20.5. The lowest BCUT2D eigenvalue weighted by Crippen LogP contribution is -2.52. The lowest BCUT2D eigenvalue weighted by Gasteiger charge is -2.45. The summed E-state index contributed by atoms with van der Waals surface area (Å²) in [5.74, 6) is 1.81. The Balaban J connectivity index is 0.00000192. The molecule has 0 aromatic heterocycles. The van der Waals surface area contributed by atoms with Crippen LogP contribution in [0.1, 0.15) is 50.5 Å². The Kier molecular flexibility index (Phi) is 5.72. The second kappa shape index (κ2) is 7.81. The highest BCUT2D eigenvalue weighted by Crippen LogP contribution is 2.58. The van der Waals surface area contributed by atoms with Crippen molar-refractivity contribution in [1.82, 2.24) is 10.2 Å². The summed E-state index contributed by atoms with van der Waals surface area (Å²) in [4.78, 5) is 16.1. The van der Waals surface area contributed by atoms with E-state index in [1.807, 2.05) is 12.1 Å². The number of halogens is 2. The highest BCUT2D eigenvalue weighted by atomic mass is 35.5. The molecule has 5 rings (SSSR count). The number of nitrogens with one attached hydrogen (secondary N) is 1. The van der Waals surface area contributed by atoms with Crippen molar-refractivity contribution >= 4 is 29.9 Å². The average molecular weight is 423 g/mol. The van der Waals surface area contributed by atoms with Crippen LogP contribution < -0.4 is 5.32 Å². The van der Waals surface area contributed by atoms with Crippen LogP contribution in [-0.4, -0.2) is 37.0 Å². The average Bonchev–Trinajstić information content (AvgIpc) is 3.41. The summed E-state index contributed by atoms with van der Waals surface area (Å²) in [6, 6.07) is 8.19. The Morgan fingerprint density at radius 2 is 1.89 bits per heavy atom. The van der Waals surface area contributed by atoms with Gasteiger partial charge in [-0.2, -0.15) is 0 Å². The summed E-state index contributed by atoms with van der Waals surface area (Å²) in [5.41, 5.74) is 1.58. The van der Waals surface area contributed by atoms with Gasteiger partial charge in [0, 0.05) is 24.7 Å². The smallest absolute Gasteiger partial charge is 0.229 e. The van der Waals surface area contributed by atoms with Gasteiger partial charge in [-0.25, -0.2) is 0 Å². The molecule has 2 aliphatic carbocycles. The lowest BCUT2D eigenvalue weighted by atomic mass is 9.67. The molecule has 2 bridgehead atoms. The molecular formula is C23H32Cl2N2O. The van der Waals surface area contributed by atoms with Gasteiger partial charge in [0.15, 0.2) is 0 Å². The van der Waals surface area contributed by atoms with Crippen LogP contribution in [0.25, 0.3) is 0 Å². The fourth-order valence-electron chi connectivity index (χ4n) is 6.69. The highest BCUT2D eigenvalue weighted by molar-refractivity contribution is 6.30. The molecule has 2 saturated heterocycles. The third kappa shape index (κ3) is 3.48. The summed E-state index contributed by atoms with van der Waals surface area (Å²) >= 11 is 6.09. The minimum Gasteiger partial charge on any atom is -0.342 e. The Morgan fingerprint density at radius 1 is 1.14 bits per heavy atom. The van der Waals surface area contributed by atoms with Gasteiger partial charge >= 0.3 is 0 Å². The van der Waals surface area contributed by atoms with Crippen molar-refractivity contribution in [2.75, 3.05) is 26.2 Å². The topological polar surface area (TPSA) is 32.3 Å². The van der Waals surface area contributed by atoms with Crippen molar-refractivity contribution in [2.24, 2.45) is 22.7 Å². The van der Waals surface area contributed by atoms with Crippen LogP contribution >= 0.6 is 24.0 Å². The zero-order valence-electron chi connectivity index (χ0n) is 16.6. The van der Waals surface area contributed by atoms with Crippen LogP contribution in [-0.2, 0) is 11.2 Å². The van der Waals surface area contributed by atoms with Crippen molar-refractivity contribution in [3.8, 4) is 0 Å². The van der Waals surface area contributed by atoms with Gasteiger partial charge in [-0.05, 0) is 86.4 Å². The Bertz CT molecular complexity index is 706. The summed E-state index contributed by atoms with van der Waals surface area (Å²) in [5, 5.41) is 4.31. The molecule has 1 spiro atoms. The largest absolute Gasteiger partial charge is 0.342 e. The Morgan fingerprint density at radius 3 is 2.46 bits per heavy atom. The molecule has 1 aromatic carbocycles. The first-order chi connectivity index (χ1) is 13.1. The number of hydrogen-bond acceptors (Lipinski definition) is 2. The van der Waals surface area contributed by atoms with Crippen LogP contribution in [0.4, 0.5) is 0 Å². The number of piperidine rings is 1. The zero-order valence-corrected chi connectivity index (χ0v) is 18.2. The molecule has 2 heterocycles. The number of rotatable bonds is 3. The maximum absolute atomic E-state index is 13.9. The number of fused-ring (bicyclic) bond motifs is 2. The number of nitrogens with zero attached hydrogens (tertiary/aromatic N) is 1. The van der Waals surface area contributed by atoms with E-state index in [0.29, 0.717) is 17.2 Å². The maximum atomic E-state index is 13.9. The number of likely N-dealkylation sites (tertiary alicyclic amines) is 1. The van der Waals surface area contributed by atoms with Gasteiger partial charge in [-0.15, -0.1) is 12.4 Å². The predicted molar refractivity (Wildman–Crippen MR) is 116 cm³/mol. The molecule has 1 amide bonds. The number of amides is 1. The van der Waals surface area contributed by atoms with Gasteiger partial charge in [-0.1, -0.05) is 30.2 Å². The molecule has 2 aliphatic heterocycles. The third-order valence-corrected chi connectivity index (χ3v) is 8.53. The Hall–Kier alpha value is -0.770. The molecule has 1 N–H and O–H groups in total. The van der Waals surface area contributed by atoms with E-state index in [1.54, 1.807) is 0 Å². The van der Waals surface area contributed by atoms with E-state index in [0.717, 1.165) is 50.0 Å². The van der Waals surface area contributed by atoms with Gasteiger partial charge in [0.25, 0.3) is 0 Å². The van der Waals surface area contributed by atoms with E-state index in [-0.39, 0.29) is 17.8 Å². The summed E-state index contributed by atoms with van der Waals surface area (Å²) < 4.78 is 0.